The molecule has 0 radical (unpaired) electrons. The average molecular weight is 358 g/mol. The van der Waals surface area contributed by atoms with Crippen molar-refractivity contribution >= 4 is 22.7 Å². The summed E-state index contributed by atoms with van der Waals surface area (Å²) < 4.78 is 11.1. The molecule has 0 fully saturated rings. The molecule has 0 bridgehead atoms. The second-order valence-corrected chi connectivity index (χ2v) is 6.10. The molecule has 5 nitrogen and oxygen atoms in total. The lowest BCUT2D eigenvalue weighted by Gasteiger charge is -2.09. The Labute approximate surface area is 156 Å². The van der Waals surface area contributed by atoms with Gasteiger partial charge in [0.2, 0.25) is 11.8 Å². The number of benzene rings is 3. The van der Waals surface area contributed by atoms with Crippen LogP contribution in [0.25, 0.3) is 22.6 Å². The number of fused-ring (bicyclic) bond motifs is 1. The summed E-state index contributed by atoms with van der Waals surface area (Å²) in [4.78, 5) is 16.9. The highest BCUT2D eigenvalue weighted by molar-refractivity contribution is 5.93. The number of nitrogens with zero attached hydrogens (tertiary/aromatic N) is 1. The van der Waals surface area contributed by atoms with Gasteiger partial charge in [-0.25, -0.2) is 4.98 Å². The van der Waals surface area contributed by atoms with E-state index < -0.39 is 0 Å². The van der Waals surface area contributed by atoms with E-state index in [-0.39, 0.29) is 12.3 Å². The van der Waals surface area contributed by atoms with Crippen LogP contribution in [0.3, 0.4) is 0 Å². The molecular formula is C22H18N2O3. The number of aromatic nitrogens is 1. The molecule has 27 heavy (non-hydrogen) atoms. The zero-order valence-electron chi connectivity index (χ0n) is 14.8. The van der Waals surface area contributed by atoms with Gasteiger partial charge in [0.25, 0.3) is 0 Å². The molecule has 0 aliphatic heterocycles. The van der Waals surface area contributed by atoms with Crippen molar-refractivity contribution in [2.24, 2.45) is 0 Å². The van der Waals surface area contributed by atoms with Crippen molar-refractivity contribution in [1.82, 2.24) is 4.98 Å². The van der Waals surface area contributed by atoms with Crippen molar-refractivity contribution in [2.45, 2.75) is 6.42 Å². The number of anilines is 1. The molecule has 0 aliphatic carbocycles. The molecule has 0 atom stereocenters. The normalized spacial score (nSPS) is 10.7. The van der Waals surface area contributed by atoms with Gasteiger partial charge in [0.15, 0.2) is 5.58 Å². The number of oxazole rings is 1. The fourth-order valence-corrected chi connectivity index (χ4v) is 2.95. The molecule has 4 rings (SSSR count). The molecule has 0 aliphatic rings. The maximum Gasteiger partial charge on any atom is 0.228 e. The summed E-state index contributed by atoms with van der Waals surface area (Å²) in [6.45, 7) is 0. The van der Waals surface area contributed by atoms with Gasteiger partial charge < -0.3 is 14.5 Å². The number of ether oxygens (including phenoxy) is 1. The summed E-state index contributed by atoms with van der Waals surface area (Å²) in [5.74, 6) is 1.11. The molecule has 134 valence electrons. The average Bonchev–Trinajstić information content (AvgIpc) is 3.13. The maximum atomic E-state index is 12.4. The van der Waals surface area contributed by atoms with Crippen LogP contribution in [0.4, 0.5) is 5.69 Å². The van der Waals surface area contributed by atoms with E-state index in [1.165, 1.54) is 0 Å². The van der Waals surface area contributed by atoms with E-state index in [0.717, 1.165) is 22.2 Å². The Hall–Kier alpha value is -3.60. The van der Waals surface area contributed by atoms with Gasteiger partial charge in [-0.3, -0.25) is 4.79 Å². The lowest BCUT2D eigenvalue weighted by atomic mass is 10.1. The van der Waals surface area contributed by atoms with E-state index in [9.17, 15) is 4.79 Å². The third-order valence-electron chi connectivity index (χ3n) is 4.23. The highest BCUT2D eigenvalue weighted by Gasteiger charge is 2.11. The van der Waals surface area contributed by atoms with Crippen LogP contribution in [-0.2, 0) is 11.2 Å². The Bertz CT molecular complexity index is 1070. The van der Waals surface area contributed by atoms with E-state index in [1.54, 1.807) is 7.11 Å². The number of carbonyl (C=O) groups is 1. The summed E-state index contributed by atoms with van der Waals surface area (Å²) in [5, 5.41) is 2.92. The van der Waals surface area contributed by atoms with E-state index >= 15 is 0 Å². The van der Waals surface area contributed by atoms with Crippen molar-refractivity contribution in [1.29, 1.82) is 0 Å². The first-order chi connectivity index (χ1) is 13.2. The Balaban J connectivity index is 1.53. The molecule has 0 unspecified atom stereocenters. The predicted octanol–water partition coefficient (Wildman–Crippen LogP) is 4.68. The number of methoxy groups -OCH3 is 1. The molecule has 5 heteroatoms. The Morgan fingerprint density at radius 2 is 1.85 bits per heavy atom. The van der Waals surface area contributed by atoms with Crippen LogP contribution in [0.5, 0.6) is 5.75 Å². The molecule has 3 aromatic carbocycles. The van der Waals surface area contributed by atoms with Crippen molar-refractivity contribution < 1.29 is 13.9 Å². The molecule has 1 N–H and O–H groups in total. The van der Waals surface area contributed by atoms with Crippen LogP contribution in [0.15, 0.2) is 77.2 Å². The minimum Gasteiger partial charge on any atom is -0.496 e. The fourth-order valence-electron chi connectivity index (χ4n) is 2.95. The first kappa shape index (κ1) is 16.8. The number of amides is 1. The second-order valence-electron chi connectivity index (χ2n) is 6.10. The summed E-state index contributed by atoms with van der Waals surface area (Å²) >= 11 is 0. The fraction of sp³-hybridized carbons (Fsp3) is 0.0909. The zero-order chi connectivity index (χ0) is 18.6. The molecule has 4 aromatic rings. The van der Waals surface area contributed by atoms with Crippen LogP contribution in [0.2, 0.25) is 0 Å². The number of para-hydroxylation sites is 3. The highest BCUT2D eigenvalue weighted by Crippen LogP contribution is 2.26. The van der Waals surface area contributed by atoms with Gasteiger partial charge in [0.1, 0.15) is 11.3 Å². The van der Waals surface area contributed by atoms with E-state index in [1.807, 2.05) is 72.8 Å². The minimum absolute atomic E-state index is 0.116. The molecular weight excluding hydrogens is 340 g/mol. The van der Waals surface area contributed by atoms with Gasteiger partial charge in [0.05, 0.1) is 13.5 Å². The van der Waals surface area contributed by atoms with Crippen molar-refractivity contribution in [3.8, 4) is 17.2 Å². The van der Waals surface area contributed by atoms with Gasteiger partial charge in [-0.2, -0.15) is 0 Å². The Morgan fingerprint density at radius 1 is 1.04 bits per heavy atom. The van der Waals surface area contributed by atoms with Gasteiger partial charge in [0, 0.05) is 16.8 Å². The van der Waals surface area contributed by atoms with Gasteiger partial charge in [-0.1, -0.05) is 36.4 Å². The van der Waals surface area contributed by atoms with E-state index in [2.05, 4.69) is 10.3 Å². The van der Waals surface area contributed by atoms with Gasteiger partial charge in [-0.05, 0) is 36.4 Å². The number of carbonyl (C=O) groups excluding carboxylic acids is 1. The smallest absolute Gasteiger partial charge is 0.228 e. The monoisotopic (exact) mass is 358 g/mol. The maximum absolute atomic E-state index is 12.4. The van der Waals surface area contributed by atoms with Crippen LogP contribution in [-0.4, -0.2) is 18.0 Å². The zero-order valence-corrected chi connectivity index (χ0v) is 14.8. The van der Waals surface area contributed by atoms with Crippen molar-refractivity contribution in [2.75, 3.05) is 12.4 Å². The molecule has 1 amide bonds. The van der Waals surface area contributed by atoms with Gasteiger partial charge in [-0.15, -0.1) is 0 Å². The number of nitrogens with one attached hydrogen (secondary N) is 1. The standard InChI is InChI=1S/C22H18N2O3/c1-26-19-11-4-2-7-15(19)14-21(25)23-17-9-6-8-16(13-17)22-24-18-10-3-5-12-20(18)27-22/h2-13H,14H2,1H3,(H,23,25). The number of rotatable bonds is 5. The summed E-state index contributed by atoms with van der Waals surface area (Å²) in [6, 6.07) is 22.6. The molecule has 1 heterocycles. The summed E-state index contributed by atoms with van der Waals surface area (Å²) in [7, 11) is 1.60. The lowest BCUT2D eigenvalue weighted by molar-refractivity contribution is -0.115. The first-order valence-electron chi connectivity index (χ1n) is 8.61. The SMILES string of the molecule is COc1ccccc1CC(=O)Nc1cccc(-c2nc3ccccc3o2)c1. The van der Waals surface area contributed by atoms with Crippen molar-refractivity contribution in [3.05, 3.63) is 78.4 Å². The number of hydrogen-bond donors (Lipinski definition) is 1. The minimum atomic E-state index is -0.116. The molecule has 0 saturated carbocycles. The van der Waals surface area contributed by atoms with Crippen LogP contribution >= 0.6 is 0 Å². The predicted molar refractivity (Wildman–Crippen MR) is 105 cm³/mol. The topological polar surface area (TPSA) is 64.4 Å². The van der Waals surface area contributed by atoms with Crippen LogP contribution in [0.1, 0.15) is 5.56 Å². The van der Waals surface area contributed by atoms with E-state index in [0.29, 0.717) is 17.3 Å². The molecule has 0 spiro atoms. The lowest BCUT2D eigenvalue weighted by Crippen LogP contribution is -2.14. The Kier molecular flexibility index (Phi) is 4.58. The summed E-state index contributed by atoms with van der Waals surface area (Å²) in [6.07, 6.45) is 0.233. The van der Waals surface area contributed by atoms with Gasteiger partial charge >= 0.3 is 0 Å². The van der Waals surface area contributed by atoms with Crippen LogP contribution in [0, 0.1) is 0 Å². The quantitative estimate of drug-likeness (QED) is 0.562. The first-order valence-corrected chi connectivity index (χ1v) is 8.61. The second kappa shape index (κ2) is 7.33. The molecule has 0 saturated heterocycles. The summed E-state index contributed by atoms with van der Waals surface area (Å²) in [5.41, 5.74) is 3.87. The third kappa shape index (κ3) is 3.67. The van der Waals surface area contributed by atoms with Crippen LogP contribution < -0.4 is 10.1 Å². The van der Waals surface area contributed by atoms with E-state index in [4.69, 9.17) is 9.15 Å². The Morgan fingerprint density at radius 3 is 2.70 bits per heavy atom. The largest absolute Gasteiger partial charge is 0.496 e. The van der Waals surface area contributed by atoms with Crippen molar-refractivity contribution in [3.63, 3.8) is 0 Å². The highest BCUT2D eigenvalue weighted by atomic mass is 16.5. The number of hydrogen-bond acceptors (Lipinski definition) is 4. The molecule has 1 aromatic heterocycles. The third-order valence-corrected chi connectivity index (χ3v) is 4.23.